The van der Waals surface area contributed by atoms with Gasteiger partial charge in [-0.3, -0.25) is 0 Å². The smallest absolute Gasteiger partial charge is 0.416 e. The Morgan fingerprint density at radius 2 is 1.91 bits per heavy atom. The van der Waals surface area contributed by atoms with Crippen LogP contribution in [-0.4, -0.2) is 22.1 Å². The van der Waals surface area contributed by atoms with Crippen LogP contribution in [0.4, 0.5) is 24.0 Å². The number of alkyl halides is 3. The number of benzene rings is 2. The van der Waals surface area contributed by atoms with E-state index in [-0.39, 0.29) is 0 Å². The number of imidazole rings is 1. The van der Waals surface area contributed by atoms with Gasteiger partial charge in [0.15, 0.2) is 5.13 Å². The summed E-state index contributed by atoms with van der Waals surface area (Å²) in [5, 5.41) is 3.92. The summed E-state index contributed by atoms with van der Waals surface area (Å²) in [7, 11) is 1.60. The molecule has 0 saturated heterocycles. The molecule has 2 aromatic carbocycles. The maximum atomic E-state index is 13.0. The number of aromatic amines is 1. The van der Waals surface area contributed by atoms with Crippen molar-refractivity contribution >= 4 is 22.2 Å². The van der Waals surface area contributed by atoms with E-state index in [1.54, 1.807) is 13.2 Å². The zero-order chi connectivity index (χ0) is 22.9. The van der Waals surface area contributed by atoms with Crippen LogP contribution in [0.3, 0.4) is 0 Å². The fraction of sp³-hybridized carbons (Fsp3) is 0.217. The number of halogens is 3. The topological polar surface area (TPSA) is 62.8 Å². The van der Waals surface area contributed by atoms with E-state index >= 15 is 0 Å². The van der Waals surface area contributed by atoms with Gasteiger partial charge >= 0.3 is 6.18 Å². The molecule has 2 N–H and O–H groups in total. The Balaban J connectivity index is 1.53. The molecule has 9 heteroatoms. The number of rotatable bonds is 6. The Hall–Kier alpha value is -3.33. The number of thiazole rings is 1. The molecule has 0 amide bonds. The molecule has 2 heterocycles. The van der Waals surface area contributed by atoms with Gasteiger partial charge in [-0.2, -0.15) is 13.2 Å². The molecule has 0 aliphatic carbocycles. The van der Waals surface area contributed by atoms with Crippen LogP contribution in [-0.2, 0) is 12.6 Å². The molecule has 0 spiro atoms. The fourth-order valence-corrected chi connectivity index (χ4v) is 4.35. The number of aryl methyl sites for hydroxylation is 2. The standard InChI is InChI=1S/C23H21F3N4OS/c1-13-12-27-21(28-13)18-8-7-17(11-19(18)31-3)30-22-29-14(2)20(32-22)10-15-5-4-6-16(9-15)23(24,25)26/h4-9,11-12H,10H2,1-3H3,(H,27,28)(H,29,30). The van der Waals surface area contributed by atoms with E-state index < -0.39 is 11.7 Å². The summed E-state index contributed by atoms with van der Waals surface area (Å²) >= 11 is 1.42. The number of methoxy groups -OCH3 is 1. The van der Waals surface area contributed by atoms with Gasteiger partial charge in [0.05, 0.1) is 29.6 Å². The molecule has 0 aliphatic rings. The summed E-state index contributed by atoms with van der Waals surface area (Å²) in [5.41, 5.74) is 3.24. The minimum absolute atomic E-state index is 0.384. The quantitative estimate of drug-likeness (QED) is 0.346. The summed E-state index contributed by atoms with van der Waals surface area (Å²) in [6.45, 7) is 3.76. The van der Waals surface area contributed by atoms with Crippen molar-refractivity contribution in [1.82, 2.24) is 15.0 Å². The van der Waals surface area contributed by atoms with Crippen molar-refractivity contribution in [2.45, 2.75) is 26.4 Å². The predicted molar refractivity (Wildman–Crippen MR) is 120 cm³/mol. The van der Waals surface area contributed by atoms with Crippen LogP contribution in [0.1, 0.15) is 27.4 Å². The van der Waals surface area contributed by atoms with E-state index in [0.29, 0.717) is 22.9 Å². The molecule has 0 unspecified atom stereocenters. The molecule has 0 aliphatic heterocycles. The highest BCUT2D eigenvalue weighted by Gasteiger charge is 2.30. The lowest BCUT2D eigenvalue weighted by molar-refractivity contribution is -0.137. The van der Waals surface area contributed by atoms with E-state index in [0.717, 1.165) is 39.4 Å². The normalized spacial score (nSPS) is 11.6. The Morgan fingerprint density at radius 3 is 2.59 bits per heavy atom. The molecular weight excluding hydrogens is 437 g/mol. The van der Waals surface area contributed by atoms with Crippen LogP contribution >= 0.6 is 11.3 Å². The van der Waals surface area contributed by atoms with Crippen LogP contribution in [0.15, 0.2) is 48.7 Å². The van der Waals surface area contributed by atoms with Crippen molar-refractivity contribution in [3.05, 3.63) is 76.1 Å². The molecular formula is C23H21F3N4OS. The minimum Gasteiger partial charge on any atom is -0.496 e. The minimum atomic E-state index is -4.36. The highest BCUT2D eigenvalue weighted by atomic mass is 32.1. The highest BCUT2D eigenvalue weighted by Crippen LogP contribution is 2.34. The third kappa shape index (κ3) is 4.77. The van der Waals surface area contributed by atoms with Crippen LogP contribution in [0, 0.1) is 13.8 Å². The number of hydrogen-bond donors (Lipinski definition) is 2. The first-order valence-electron chi connectivity index (χ1n) is 9.83. The molecule has 0 bridgehead atoms. The Labute approximate surface area is 187 Å². The fourth-order valence-electron chi connectivity index (χ4n) is 3.33. The molecule has 4 aromatic rings. The summed E-state index contributed by atoms with van der Waals surface area (Å²) in [6, 6.07) is 11.1. The number of aromatic nitrogens is 3. The third-order valence-corrected chi connectivity index (χ3v) is 6.00. The molecule has 0 fully saturated rings. The number of H-pyrrole nitrogens is 1. The summed E-state index contributed by atoms with van der Waals surface area (Å²) in [6.07, 6.45) is -2.15. The molecule has 0 atom stereocenters. The lowest BCUT2D eigenvalue weighted by Gasteiger charge is -2.09. The molecule has 5 nitrogen and oxygen atoms in total. The summed E-state index contributed by atoms with van der Waals surface area (Å²) in [5.74, 6) is 1.38. The Morgan fingerprint density at radius 1 is 1.09 bits per heavy atom. The Bertz CT molecular complexity index is 1250. The average molecular weight is 459 g/mol. The average Bonchev–Trinajstić information content (AvgIpc) is 3.32. The monoisotopic (exact) mass is 458 g/mol. The van der Waals surface area contributed by atoms with Gasteiger partial charge in [-0.05, 0) is 37.6 Å². The van der Waals surface area contributed by atoms with Crippen LogP contribution in [0.25, 0.3) is 11.4 Å². The van der Waals surface area contributed by atoms with Gasteiger partial charge in [0, 0.05) is 29.2 Å². The van der Waals surface area contributed by atoms with Gasteiger partial charge in [-0.15, -0.1) is 11.3 Å². The first-order chi connectivity index (χ1) is 15.2. The molecule has 4 rings (SSSR count). The van der Waals surface area contributed by atoms with Crippen molar-refractivity contribution in [3.8, 4) is 17.1 Å². The largest absolute Gasteiger partial charge is 0.496 e. The van der Waals surface area contributed by atoms with E-state index in [2.05, 4.69) is 20.3 Å². The number of ether oxygens (including phenoxy) is 1. The van der Waals surface area contributed by atoms with Gasteiger partial charge < -0.3 is 15.0 Å². The zero-order valence-electron chi connectivity index (χ0n) is 17.7. The summed E-state index contributed by atoms with van der Waals surface area (Å²) in [4.78, 5) is 13.0. The van der Waals surface area contributed by atoms with Crippen molar-refractivity contribution in [1.29, 1.82) is 0 Å². The number of hydrogen-bond acceptors (Lipinski definition) is 5. The van der Waals surface area contributed by atoms with Crippen LogP contribution in [0.5, 0.6) is 5.75 Å². The molecule has 166 valence electrons. The van der Waals surface area contributed by atoms with E-state index in [1.165, 1.54) is 23.5 Å². The lowest BCUT2D eigenvalue weighted by Crippen LogP contribution is -2.05. The third-order valence-electron chi connectivity index (χ3n) is 4.93. The number of anilines is 2. The van der Waals surface area contributed by atoms with Gasteiger partial charge in [0.25, 0.3) is 0 Å². The van der Waals surface area contributed by atoms with E-state index in [1.807, 2.05) is 38.2 Å². The van der Waals surface area contributed by atoms with Gasteiger partial charge in [0.2, 0.25) is 0 Å². The zero-order valence-corrected chi connectivity index (χ0v) is 18.5. The van der Waals surface area contributed by atoms with Gasteiger partial charge in [-0.25, -0.2) is 9.97 Å². The van der Waals surface area contributed by atoms with Crippen molar-refractivity contribution in [2.24, 2.45) is 0 Å². The summed E-state index contributed by atoms with van der Waals surface area (Å²) < 4.78 is 44.5. The number of nitrogens with one attached hydrogen (secondary N) is 2. The number of nitrogens with zero attached hydrogens (tertiary/aromatic N) is 2. The molecule has 32 heavy (non-hydrogen) atoms. The van der Waals surface area contributed by atoms with Crippen molar-refractivity contribution in [2.75, 3.05) is 12.4 Å². The second-order valence-corrected chi connectivity index (χ2v) is 8.42. The maximum Gasteiger partial charge on any atom is 0.416 e. The van der Waals surface area contributed by atoms with Crippen molar-refractivity contribution < 1.29 is 17.9 Å². The molecule has 0 saturated carbocycles. The second-order valence-electron chi connectivity index (χ2n) is 7.33. The van der Waals surface area contributed by atoms with Gasteiger partial charge in [-0.1, -0.05) is 18.2 Å². The van der Waals surface area contributed by atoms with E-state index in [9.17, 15) is 13.2 Å². The van der Waals surface area contributed by atoms with Crippen LogP contribution in [0.2, 0.25) is 0 Å². The molecule has 0 radical (unpaired) electrons. The van der Waals surface area contributed by atoms with Crippen molar-refractivity contribution in [3.63, 3.8) is 0 Å². The Kier molecular flexibility index (Phi) is 5.92. The van der Waals surface area contributed by atoms with Crippen LogP contribution < -0.4 is 10.1 Å². The lowest BCUT2D eigenvalue weighted by atomic mass is 10.1. The highest BCUT2D eigenvalue weighted by molar-refractivity contribution is 7.15. The molecule has 2 aromatic heterocycles. The SMILES string of the molecule is COc1cc(Nc2nc(C)c(Cc3cccc(C(F)(F)F)c3)s2)ccc1-c1nc(C)c[nH]1. The van der Waals surface area contributed by atoms with Gasteiger partial charge in [0.1, 0.15) is 11.6 Å². The maximum absolute atomic E-state index is 13.0. The second kappa shape index (κ2) is 8.66. The van der Waals surface area contributed by atoms with E-state index in [4.69, 9.17) is 4.74 Å². The first kappa shape index (κ1) is 21.9. The first-order valence-corrected chi connectivity index (χ1v) is 10.6. The predicted octanol–water partition coefficient (Wildman–Crippen LogP) is 6.51.